The lowest BCUT2D eigenvalue weighted by molar-refractivity contribution is 0.416. The first-order valence-corrected chi connectivity index (χ1v) is 8.81. The van der Waals surface area contributed by atoms with E-state index in [-0.39, 0.29) is 0 Å². The Morgan fingerprint density at radius 2 is 2.04 bits per heavy atom. The summed E-state index contributed by atoms with van der Waals surface area (Å²) in [5, 5.41) is 4.49. The number of benzene rings is 1. The van der Waals surface area contributed by atoms with E-state index in [0.717, 1.165) is 6.26 Å². The number of nitrogens with one attached hydrogen (secondary N) is 1. The Labute approximate surface area is 137 Å². The monoisotopic (exact) mass is 352 g/mol. The molecule has 0 unspecified atom stereocenters. The van der Waals surface area contributed by atoms with Gasteiger partial charge >= 0.3 is 0 Å². The first kappa shape index (κ1) is 15.6. The van der Waals surface area contributed by atoms with Crippen molar-refractivity contribution in [1.29, 1.82) is 0 Å². The third kappa shape index (κ3) is 3.38. The highest BCUT2D eigenvalue weighted by Gasteiger charge is 2.13. The number of sulfonamides is 1. The van der Waals surface area contributed by atoms with Gasteiger partial charge in [0.2, 0.25) is 10.0 Å². The van der Waals surface area contributed by atoms with Gasteiger partial charge < -0.3 is 4.74 Å². The Morgan fingerprint density at radius 3 is 2.74 bits per heavy atom. The van der Waals surface area contributed by atoms with E-state index in [1.54, 1.807) is 41.0 Å². The smallest absolute Gasteiger partial charge is 0.229 e. The van der Waals surface area contributed by atoms with E-state index in [0.29, 0.717) is 33.5 Å². The molecule has 0 bridgehead atoms. The van der Waals surface area contributed by atoms with Gasteiger partial charge in [0.1, 0.15) is 10.9 Å². The van der Waals surface area contributed by atoms with Crippen molar-refractivity contribution >= 4 is 33.0 Å². The van der Waals surface area contributed by atoms with Crippen LogP contribution in [-0.4, -0.2) is 36.4 Å². The molecule has 0 fully saturated rings. The van der Waals surface area contributed by atoms with Crippen molar-refractivity contribution in [3.8, 4) is 17.0 Å². The number of hydrogen-bond acceptors (Lipinski definition) is 5. The molecule has 3 aromatic rings. The maximum Gasteiger partial charge on any atom is 0.229 e. The molecule has 0 aliphatic carbocycles. The minimum atomic E-state index is -3.35. The number of ether oxygens (including phenoxy) is 1. The number of halogens is 1. The van der Waals surface area contributed by atoms with Gasteiger partial charge in [-0.15, -0.1) is 0 Å². The lowest BCUT2D eigenvalue weighted by atomic mass is 10.1. The molecular weight excluding hydrogens is 340 g/mol. The molecule has 0 amide bonds. The summed E-state index contributed by atoms with van der Waals surface area (Å²) in [6.07, 6.45) is 2.81. The van der Waals surface area contributed by atoms with E-state index < -0.39 is 10.0 Å². The molecule has 0 spiro atoms. The van der Waals surface area contributed by atoms with Crippen molar-refractivity contribution < 1.29 is 13.2 Å². The fraction of sp³-hybridized carbons (Fsp3) is 0.143. The number of methoxy groups -OCH3 is 1. The molecule has 9 heteroatoms. The molecule has 2 aromatic heterocycles. The van der Waals surface area contributed by atoms with Crippen molar-refractivity contribution in [2.75, 3.05) is 18.1 Å². The summed E-state index contributed by atoms with van der Waals surface area (Å²) < 4.78 is 32.0. The van der Waals surface area contributed by atoms with Crippen LogP contribution in [0.1, 0.15) is 0 Å². The molecule has 2 heterocycles. The first-order valence-electron chi connectivity index (χ1n) is 6.54. The zero-order valence-electron chi connectivity index (χ0n) is 12.3. The standard InChI is InChI=1S/C14H13ClN4O3S/c1-22-12-7-9(18-23(2,20)21)3-4-10(12)11-8-19-14(16-11)6-5-13(15)17-19/h3-8,18H,1-2H3. The summed E-state index contributed by atoms with van der Waals surface area (Å²) in [7, 11) is -1.85. The Bertz CT molecular complexity index is 985. The molecule has 0 aliphatic heterocycles. The van der Waals surface area contributed by atoms with Crippen LogP contribution in [0.25, 0.3) is 16.9 Å². The van der Waals surface area contributed by atoms with Crippen molar-refractivity contribution in [3.63, 3.8) is 0 Å². The average Bonchev–Trinajstić information content (AvgIpc) is 2.88. The number of anilines is 1. The summed E-state index contributed by atoms with van der Waals surface area (Å²) in [6, 6.07) is 8.38. The predicted molar refractivity (Wildman–Crippen MR) is 88.5 cm³/mol. The normalized spacial score (nSPS) is 11.6. The quantitative estimate of drug-likeness (QED) is 0.779. The van der Waals surface area contributed by atoms with Gasteiger partial charge in [-0.2, -0.15) is 5.10 Å². The maximum absolute atomic E-state index is 11.3. The molecule has 0 saturated carbocycles. The highest BCUT2D eigenvalue weighted by atomic mass is 35.5. The predicted octanol–water partition coefficient (Wildman–Crippen LogP) is 2.43. The zero-order valence-corrected chi connectivity index (χ0v) is 13.9. The molecule has 120 valence electrons. The Kier molecular flexibility index (Phi) is 3.87. The maximum atomic E-state index is 11.3. The van der Waals surface area contributed by atoms with E-state index in [1.165, 1.54) is 7.11 Å². The SMILES string of the molecule is COc1cc(NS(C)(=O)=O)ccc1-c1cn2nc(Cl)ccc2n1. The zero-order chi connectivity index (χ0) is 16.6. The number of rotatable bonds is 4. The molecule has 1 aromatic carbocycles. The van der Waals surface area contributed by atoms with Crippen molar-refractivity contribution in [2.24, 2.45) is 0 Å². The van der Waals surface area contributed by atoms with Crippen molar-refractivity contribution in [3.05, 3.63) is 41.7 Å². The lowest BCUT2D eigenvalue weighted by Crippen LogP contribution is -2.09. The number of fused-ring (bicyclic) bond motifs is 1. The topological polar surface area (TPSA) is 85.6 Å². The number of hydrogen-bond donors (Lipinski definition) is 1. The van der Waals surface area contributed by atoms with Gasteiger partial charge in [-0.1, -0.05) is 11.6 Å². The van der Waals surface area contributed by atoms with Gasteiger partial charge in [0.25, 0.3) is 0 Å². The second-order valence-corrected chi connectivity index (χ2v) is 7.01. The van der Waals surface area contributed by atoms with Crippen LogP contribution >= 0.6 is 11.6 Å². The van der Waals surface area contributed by atoms with Crippen LogP contribution < -0.4 is 9.46 Å². The van der Waals surface area contributed by atoms with Gasteiger partial charge in [-0.3, -0.25) is 4.72 Å². The van der Waals surface area contributed by atoms with Gasteiger partial charge in [0.05, 0.1) is 30.9 Å². The van der Waals surface area contributed by atoms with E-state index in [9.17, 15) is 8.42 Å². The van der Waals surface area contributed by atoms with Crippen LogP contribution in [0.2, 0.25) is 5.15 Å². The van der Waals surface area contributed by atoms with Crippen LogP contribution in [0, 0.1) is 0 Å². The van der Waals surface area contributed by atoms with E-state index in [2.05, 4.69) is 14.8 Å². The number of aromatic nitrogens is 3. The largest absolute Gasteiger partial charge is 0.496 e. The molecular formula is C14H13ClN4O3S. The summed E-state index contributed by atoms with van der Waals surface area (Å²) in [5.41, 5.74) is 2.42. The van der Waals surface area contributed by atoms with Gasteiger partial charge in [0, 0.05) is 11.6 Å². The highest BCUT2D eigenvalue weighted by molar-refractivity contribution is 7.92. The molecule has 3 rings (SSSR count). The second kappa shape index (κ2) is 5.71. The van der Waals surface area contributed by atoms with Crippen LogP contribution in [0.15, 0.2) is 36.5 Å². The fourth-order valence-corrected chi connectivity index (χ4v) is 2.87. The van der Waals surface area contributed by atoms with Crippen LogP contribution in [0.3, 0.4) is 0 Å². The van der Waals surface area contributed by atoms with Gasteiger partial charge in [-0.05, 0) is 24.3 Å². The van der Waals surface area contributed by atoms with E-state index in [1.807, 2.05) is 0 Å². The Balaban J connectivity index is 2.07. The fourth-order valence-electron chi connectivity index (χ4n) is 2.17. The van der Waals surface area contributed by atoms with Gasteiger partial charge in [-0.25, -0.2) is 17.9 Å². The lowest BCUT2D eigenvalue weighted by Gasteiger charge is -2.09. The molecule has 23 heavy (non-hydrogen) atoms. The average molecular weight is 353 g/mol. The summed E-state index contributed by atoms with van der Waals surface area (Å²) in [4.78, 5) is 4.46. The molecule has 1 N–H and O–H groups in total. The molecule has 0 saturated heterocycles. The minimum absolute atomic E-state index is 0.362. The molecule has 7 nitrogen and oxygen atoms in total. The van der Waals surface area contributed by atoms with Crippen molar-refractivity contribution in [1.82, 2.24) is 14.6 Å². The first-order chi connectivity index (χ1) is 10.9. The van der Waals surface area contributed by atoms with Crippen LogP contribution in [-0.2, 0) is 10.0 Å². The van der Waals surface area contributed by atoms with E-state index in [4.69, 9.17) is 16.3 Å². The van der Waals surface area contributed by atoms with E-state index >= 15 is 0 Å². The Morgan fingerprint density at radius 1 is 1.26 bits per heavy atom. The number of imidazole rings is 1. The Hall–Kier alpha value is -2.32. The van der Waals surface area contributed by atoms with Gasteiger partial charge in [0.15, 0.2) is 5.65 Å². The highest BCUT2D eigenvalue weighted by Crippen LogP contribution is 2.32. The third-order valence-electron chi connectivity index (χ3n) is 3.07. The van der Waals surface area contributed by atoms with Crippen LogP contribution in [0.5, 0.6) is 5.75 Å². The molecule has 0 radical (unpaired) electrons. The summed E-state index contributed by atoms with van der Waals surface area (Å²) >= 11 is 5.87. The van der Waals surface area contributed by atoms with Crippen LogP contribution in [0.4, 0.5) is 5.69 Å². The second-order valence-electron chi connectivity index (χ2n) is 4.87. The summed E-state index contributed by atoms with van der Waals surface area (Å²) in [6.45, 7) is 0. The third-order valence-corrected chi connectivity index (χ3v) is 3.88. The molecule has 0 aliphatic rings. The van der Waals surface area contributed by atoms with Crippen molar-refractivity contribution in [2.45, 2.75) is 0 Å². The summed E-state index contributed by atoms with van der Waals surface area (Å²) in [5.74, 6) is 0.494. The number of nitrogens with zero attached hydrogens (tertiary/aromatic N) is 3. The minimum Gasteiger partial charge on any atom is -0.496 e. The molecule has 0 atom stereocenters.